The molecular weight excluding hydrogens is 487 g/mol. The van der Waals surface area contributed by atoms with E-state index in [9.17, 15) is 19.1 Å². The third kappa shape index (κ3) is 9.43. The lowest BCUT2D eigenvalue weighted by atomic mass is 9.99. The molecule has 8 nitrogen and oxygen atoms in total. The van der Waals surface area contributed by atoms with E-state index in [0.29, 0.717) is 37.3 Å². The summed E-state index contributed by atoms with van der Waals surface area (Å²) in [5.74, 6) is 1.60. The van der Waals surface area contributed by atoms with Gasteiger partial charge in [0, 0.05) is 44.4 Å². The average Bonchev–Trinajstić information content (AvgIpc) is 2.89. The zero-order chi connectivity index (χ0) is 27.3. The second-order valence-corrected chi connectivity index (χ2v) is 9.56. The predicted octanol–water partition coefficient (Wildman–Crippen LogP) is 2.42. The Morgan fingerprint density at radius 2 is 2.00 bits per heavy atom. The number of hydrogen-bond donors (Lipinski definition) is 4. The number of carbonyl (C=O) groups is 2. The molecule has 0 fully saturated rings. The summed E-state index contributed by atoms with van der Waals surface area (Å²) in [6, 6.07) is 4.72. The summed E-state index contributed by atoms with van der Waals surface area (Å²) in [5, 5.41) is 19.8. The number of ether oxygens (including phenoxy) is 1. The maximum Gasteiger partial charge on any atom is 0.243 e. The number of rotatable bonds is 7. The van der Waals surface area contributed by atoms with Crippen molar-refractivity contribution < 1.29 is 23.8 Å². The molecule has 2 bridgehead atoms. The van der Waals surface area contributed by atoms with Gasteiger partial charge >= 0.3 is 0 Å². The lowest BCUT2D eigenvalue weighted by molar-refractivity contribution is -0.129. The molecule has 1 aliphatic rings. The van der Waals surface area contributed by atoms with E-state index in [1.165, 1.54) is 12.1 Å². The summed E-state index contributed by atoms with van der Waals surface area (Å²) in [6.45, 7) is 3.08. The summed E-state index contributed by atoms with van der Waals surface area (Å²) < 4.78 is 20.1. The summed E-state index contributed by atoms with van der Waals surface area (Å²) in [6.07, 6.45) is 11.4. The highest BCUT2D eigenvalue weighted by molar-refractivity contribution is 5.88. The molecule has 3 rings (SSSR count). The Kier molecular flexibility index (Phi) is 11.5. The molecule has 0 aliphatic carbocycles. The third-order valence-electron chi connectivity index (χ3n) is 6.41. The average molecular weight is 525 g/mol. The Balaban J connectivity index is 1.78. The van der Waals surface area contributed by atoms with Gasteiger partial charge in [-0.1, -0.05) is 13.0 Å². The van der Waals surface area contributed by atoms with E-state index in [0.717, 1.165) is 24.0 Å². The molecule has 0 spiro atoms. The monoisotopic (exact) mass is 524 g/mol. The first kappa shape index (κ1) is 29.1. The topological polar surface area (TPSA) is 113 Å². The van der Waals surface area contributed by atoms with Crippen molar-refractivity contribution in [2.75, 3.05) is 13.2 Å². The largest absolute Gasteiger partial charge is 0.493 e. The maximum absolute atomic E-state index is 14.4. The highest BCUT2D eigenvalue weighted by Crippen LogP contribution is 2.19. The Bertz CT molecular complexity index is 1120. The zero-order valence-corrected chi connectivity index (χ0v) is 21.8. The quantitative estimate of drug-likeness (QED) is 0.414. The van der Waals surface area contributed by atoms with Crippen LogP contribution in [0.1, 0.15) is 55.7 Å². The molecule has 1 aromatic heterocycles. The van der Waals surface area contributed by atoms with E-state index >= 15 is 0 Å². The van der Waals surface area contributed by atoms with Crippen LogP contribution in [0.5, 0.6) is 5.75 Å². The Morgan fingerprint density at radius 1 is 1.18 bits per heavy atom. The number of pyridine rings is 1. The number of nitrogens with one attached hydrogen (secondary N) is 3. The second kappa shape index (κ2) is 15.1. The zero-order valence-electron chi connectivity index (χ0n) is 21.8. The fourth-order valence-corrected chi connectivity index (χ4v) is 4.33. The van der Waals surface area contributed by atoms with Crippen LogP contribution in [-0.2, 0) is 29.0 Å². The van der Waals surface area contributed by atoms with E-state index in [2.05, 4.69) is 33.8 Å². The van der Waals surface area contributed by atoms with Gasteiger partial charge in [-0.3, -0.25) is 14.6 Å². The highest BCUT2D eigenvalue weighted by atomic mass is 19.1. The SMILES string of the molecule is C#CCC1NC(=O)CCCCCOc2cc(F)cc(c2)CC([C@H](O)CNCc2cncc(CC)c2)NC1=O. The van der Waals surface area contributed by atoms with Crippen LogP contribution in [0.3, 0.4) is 0 Å². The van der Waals surface area contributed by atoms with Gasteiger partial charge in [0.25, 0.3) is 0 Å². The minimum atomic E-state index is -1.02. The lowest BCUT2D eigenvalue weighted by Gasteiger charge is -2.27. The van der Waals surface area contributed by atoms with Gasteiger partial charge in [0.1, 0.15) is 17.6 Å². The van der Waals surface area contributed by atoms with Gasteiger partial charge in [-0.25, -0.2) is 4.39 Å². The number of aryl methyl sites for hydroxylation is 1. The van der Waals surface area contributed by atoms with Crippen molar-refractivity contribution in [1.82, 2.24) is 20.9 Å². The van der Waals surface area contributed by atoms with E-state index in [-0.39, 0.29) is 31.7 Å². The number of halogens is 1. The molecule has 1 aromatic carbocycles. The number of aromatic nitrogens is 1. The molecule has 3 atom stereocenters. The maximum atomic E-state index is 14.4. The Labute approximate surface area is 223 Å². The van der Waals surface area contributed by atoms with E-state index in [1.54, 1.807) is 12.3 Å². The molecule has 1 aliphatic heterocycles. The minimum absolute atomic E-state index is 0.0113. The van der Waals surface area contributed by atoms with Crippen LogP contribution in [0.4, 0.5) is 4.39 Å². The van der Waals surface area contributed by atoms with E-state index in [1.807, 2.05) is 12.3 Å². The molecule has 2 heterocycles. The van der Waals surface area contributed by atoms with Crippen LogP contribution < -0.4 is 20.7 Å². The number of aliphatic hydroxyl groups is 1. The number of nitrogens with zero attached hydrogens (tertiary/aromatic N) is 1. The second-order valence-electron chi connectivity index (χ2n) is 9.56. The third-order valence-corrected chi connectivity index (χ3v) is 6.41. The van der Waals surface area contributed by atoms with Gasteiger partial charge in [-0.15, -0.1) is 12.3 Å². The van der Waals surface area contributed by atoms with Crippen molar-refractivity contribution in [3.8, 4) is 18.1 Å². The highest BCUT2D eigenvalue weighted by Gasteiger charge is 2.27. The van der Waals surface area contributed by atoms with Crippen molar-refractivity contribution in [3.05, 3.63) is 59.2 Å². The number of aliphatic hydroxyl groups excluding tert-OH is 1. The van der Waals surface area contributed by atoms with Crippen molar-refractivity contribution in [2.45, 2.75) is 76.6 Å². The Hall–Kier alpha value is -3.48. The van der Waals surface area contributed by atoms with Crippen molar-refractivity contribution >= 4 is 11.8 Å². The molecule has 2 unspecified atom stereocenters. The lowest BCUT2D eigenvalue weighted by Crippen LogP contribution is -2.54. The summed E-state index contributed by atoms with van der Waals surface area (Å²) >= 11 is 0. The normalized spacial score (nSPS) is 19.9. The number of fused-ring (bicyclic) bond motifs is 2. The summed E-state index contributed by atoms with van der Waals surface area (Å²) in [7, 11) is 0. The number of hydrogen-bond acceptors (Lipinski definition) is 6. The Morgan fingerprint density at radius 3 is 2.79 bits per heavy atom. The van der Waals surface area contributed by atoms with Crippen LogP contribution in [-0.4, -0.2) is 53.2 Å². The van der Waals surface area contributed by atoms with Gasteiger partial charge in [-0.2, -0.15) is 0 Å². The van der Waals surface area contributed by atoms with Crippen molar-refractivity contribution in [1.29, 1.82) is 0 Å². The molecule has 2 aromatic rings. The standard InChI is InChI=1S/C29H37FN4O4/c1-3-8-25-29(37)34-26(27(35)19-32-18-22-11-20(4-2)16-31-17-22)14-21-12-23(30)15-24(13-21)38-10-7-5-6-9-28(36)33-25/h1,11-13,15-17,25-27,32,35H,4-10,14,18-19H2,2H3,(H,33,36)(H,34,37)/t25?,26?,27-/m1/s1. The van der Waals surface area contributed by atoms with Crippen LogP contribution in [0, 0.1) is 18.2 Å². The molecule has 9 heteroatoms. The predicted molar refractivity (Wildman–Crippen MR) is 143 cm³/mol. The number of carbonyl (C=O) groups excluding carboxylic acids is 2. The van der Waals surface area contributed by atoms with Gasteiger partial charge in [0.15, 0.2) is 0 Å². The van der Waals surface area contributed by atoms with Crippen molar-refractivity contribution in [3.63, 3.8) is 0 Å². The van der Waals surface area contributed by atoms with Gasteiger partial charge < -0.3 is 25.8 Å². The van der Waals surface area contributed by atoms with Crippen LogP contribution >= 0.6 is 0 Å². The molecule has 0 saturated carbocycles. The van der Waals surface area contributed by atoms with Crippen LogP contribution in [0.2, 0.25) is 0 Å². The fourth-order valence-electron chi connectivity index (χ4n) is 4.33. The van der Waals surface area contributed by atoms with Crippen molar-refractivity contribution in [2.24, 2.45) is 0 Å². The van der Waals surface area contributed by atoms with Gasteiger partial charge in [-0.05, 0) is 60.9 Å². The van der Waals surface area contributed by atoms with Gasteiger partial charge in [0.2, 0.25) is 11.8 Å². The smallest absolute Gasteiger partial charge is 0.243 e. The molecule has 0 radical (unpaired) electrons. The molecule has 204 valence electrons. The minimum Gasteiger partial charge on any atom is -0.493 e. The summed E-state index contributed by atoms with van der Waals surface area (Å²) in [4.78, 5) is 29.8. The molecule has 0 saturated heterocycles. The molecule has 4 N–H and O–H groups in total. The first-order valence-electron chi connectivity index (χ1n) is 13.1. The fraction of sp³-hybridized carbons (Fsp3) is 0.483. The van der Waals surface area contributed by atoms with Crippen LogP contribution in [0.25, 0.3) is 0 Å². The molecular formula is C29H37FN4O4. The molecule has 2 amide bonds. The number of benzene rings is 1. The molecule has 38 heavy (non-hydrogen) atoms. The van der Waals surface area contributed by atoms with E-state index < -0.39 is 29.9 Å². The first-order valence-corrected chi connectivity index (χ1v) is 13.1. The van der Waals surface area contributed by atoms with Gasteiger partial charge in [0.05, 0.1) is 18.8 Å². The van der Waals surface area contributed by atoms with Crippen LogP contribution in [0.15, 0.2) is 36.7 Å². The number of amides is 2. The first-order chi connectivity index (χ1) is 18.4. The van der Waals surface area contributed by atoms with E-state index in [4.69, 9.17) is 11.2 Å². The summed E-state index contributed by atoms with van der Waals surface area (Å²) in [5.41, 5.74) is 2.65. The number of terminal acetylenes is 1.